The molecule has 0 spiro atoms. The minimum absolute atomic E-state index is 0.224. The molecule has 0 atom stereocenters. The van der Waals surface area contributed by atoms with Crippen molar-refractivity contribution in [2.24, 2.45) is 0 Å². The zero-order chi connectivity index (χ0) is 14.3. The molecule has 0 aliphatic carbocycles. The van der Waals surface area contributed by atoms with Crippen molar-refractivity contribution in [3.8, 4) is 11.4 Å². The summed E-state index contributed by atoms with van der Waals surface area (Å²) in [6.07, 6.45) is 0. The van der Waals surface area contributed by atoms with Gasteiger partial charge in [-0.25, -0.2) is 14.4 Å². The first-order valence-corrected chi connectivity index (χ1v) is 6.69. The van der Waals surface area contributed by atoms with E-state index in [1.807, 2.05) is 19.1 Å². The van der Waals surface area contributed by atoms with E-state index in [1.165, 1.54) is 12.1 Å². The van der Waals surface area contributed by atoms with E-state index in [2.05, 4.69) is 9.97 Å². The van der Waals surface area contributed by atoms with Gasteiger partial charge in [-0.05, 0) is 48.9 Å². The fourth-order valence-corrected chi connectivity index (χ4v) is 2.58. The lowest BCUT2D eigenvalue weighted by Crippen LogP contribution is -1.93. The first-order chi connectivity index (χ1) is 9.52. The van der Waals surface area contributed by atoms with Gasteiger partial charge in [-0.1, -0.05) is 23.2 Å². The van der Waals surface area contributed by atoms with Crippen LogP contribution < -0.4 is 0 Å². The minimum atomic E-state index is -0.366. The highest BCUT2D eigenvalue weighted by molar-refractivity contribution is 6.34. The Kier molecular flexibility index (Phi) is 3.32. The van der Waals surface area contributed by atoms with Crippen LogP contribution in [-0.4, -0.2) is 9.97 Å². The predicted molar refractivity (Wildman–Crippen MR) is 79.7 cm³/mol. The van der Waals surface area contributed by atoms with Crippen molar-refractivity contribution in [2.75, 3.05) is 0 Å². The molecule has 0 fully saturated rings. The molecule has 2 aromatic carbocycles. The van der Waals surface area contributed by atoms with E-state index in [9.17, 15) is 4.39 Å². The van der Waals surface area contributed by atoms with Gasteiger partial charge in [0.25, 0.3) is 0 Å². The lowest BCUT2D eigenvalue weighted by Gasteiger charge is -2.06. The number of nitrogens with zero attached hydrogens (tertiary/aromatic N) is 2. The summed E-state index contributed by atoms with van der Waals surface area (Å²) in [6, 6.07) is 9.80. The molecule has 3 aromatic rings. The van der Waals surface area contributed by atoms with Crippen molar-refractivity contribution in [2.45, 2.75) is 6.92 Å². The molecular formula is C15H9Cl2FN2. The van der Waals surface area contributed by atoms with Crippen LogP contribution >= 0.6 is 23.2 Å². The quantitative estimate of drug-likeness (QED) is 0.588. The summed E-state index contributed by atoms with van der Waals surface area (Å²) >= 11 is 12.2. The third-order valence-electron chi connectivity index (χ3n) is 2.91. The van der Waals surface area contributed by atoms with Gasteiger partial charge >= 0.3 is 0 Å². The number of aryl methyl sites for hydroxylation is 1. The van der Waals surface area contributed by atoms with Crippen molar-refractivity contribution >= 4 is 34.1 Å². The first-order valence-electron chi connectivity index (χ1n) is 5.93. The predicted octanol–water partition coefficient (Wildman–Crippen LogP) is 5.05. The van der Waals surface area contributed by atoms with Gasteiger partial charge in [-0.15, -0.1) is 0 Å². The number of halogens is 3. The van der Waals surface area contributed by atoms with Crippen LogP contribution in [0.4, 0.5) is 4.39 Å². The van der Waals surface area contributed by atoms with Crippen molar-refractivity contribution in [1.29, 1.82) is 0 Å². The third-order valence-corrected chi connectivity index (χ3v) is 3.42. The average molecular weight is 307 g/mol. The summed E-state index contributed by atoms with van der Waals surface area (Å²) in [5.74, 6) is 0.106. The van der Waals surface area contributed by atoms with Gasteiger partial charge in [0, 0.05) is 16.0 Å². The van der Waals surface area contributed by atoms with Gasteiger partial charge in [0.15, 0.2) is 5.82 Å². The number of benzene rings is 2. The normalized spacial score (nSPS) is 11.0. The molecule has 0 saturated heterocycles. The molecule has 5 heteroatoms. The lowest BCUT2D eigenvalue weighted by molar-refractivity contribution is 0.629. The van der Waals surface area contributed by atoms with Gasteiger partial charge in [-0.3, -0.25) is 0 Å². The fourth-order valence-electron chi connectivity index (χ4n) is 2.06. The zero-order valence-electron chi connectivity index (χ0n) is 10.5. The van der Waals surface area contributed by atoms with E-state index in [1.54, 1.807) is 12.1 Å². The molecule has 0 bridgehead atoms. The van der Waals surface area contributed by atoms with E-state index >= 15 is 0 Å². The van der Waals surface area contributed by atoms with Crippen LogP contribution in [0.2, 0.25) is 10.2 Å². The molecule has 1 aromatic heterocycles. The first kappa shape index (κ1) is 13.3. The van der Waals surface area contributed by atoms with Gasteiger partial charge in [-0.2, -0.15) is 0 Å². The minimum Gasteiger partial charge on any atom is -0.228 e. The molecule has 0 radical (unpaired) electrons. The summed E-state index contributed by atoms with van der Waals surface area (Å²) in [5.41, 5.74) is 2.38. The summed E-state index contributed by atoms with van der Waals surface area (Å²) in [6.45, 7) is 1.94. The Bertz CT molecular complexity index is 798. The van der Waals surface area contributed by atoms with Gasteiger partial charge in [0.05, 0.1) is 5.52 Å². The van der Waals surface area contributed by atoms with Crippen LogP contribution in [0.15, 0.2) is 36.4 Å². The standard InChI is InChI=1S/C15H9Cl2FN2/c1-8-4-9(6-10(16)5-8)15-19-13-3-2-11(18)7-12(13)14(17)20-15/h2-7H,1H3. The highest BCUT2D eigenvalue weighted by Crippen LogP contribution is 2.27. The van der Waals surface area contributed by atoms with Crippen LogP contribution in [0, 0.1) is 12.7 Å². The Hall–Kier alpha value is -1.71. The molecule has 0 aliphatic rings. The molecule has 100 valence electrons. The molecule has 0 aliphatic heterocycles. The van der Waals surface area contributed by atoms with Crippen LogP contribution in [0.5, 0.6) is 0 Å². The largest absolute Gasteiger partial charge is 0.228 e. The van der Waals surface area contributed by atoms with Crippen molar-refractivity contribution < 1.29 is 4.39 Å². The third kappa shape index (κ3) is 2.47. The van der Waals surface area contributed by atoms with Crippen LogP contribution in [0.1, 0.15) is 5.56 Å². The SMILES string of the molecule is Cc1cc(Cl)cc(-c2nc(Cl)c3cc(F)ccc3n2)c1. The number of fused-ring (bicyclic) bond motifs is 1. The van der Waals surface area contributed by atoms with Crippen molar-refractivity contribution in [3.05, 3.63) is 58.0 Å². The topological polar surface area (TPSA) is 25.8 Å². The van der Waals surface area contributed by atoms with E-state index in [0.29, 0.717) is 21.7 Å². The van der Waals surface area contributed by atoms with Crippen LogP contribution in [0.25, 0.3) is 22.3 Å². The maximum atomic E-state index is 13.2. The number of hydrogen-bond acceptors (Lipinski definition) is 2. The number of aromatic nitrogens is 2. The summed E-state index contributed by atoms with van der Waals surface area (Å²) in [7, 11) is 0. The van der Waals surface area contributed by atoms with Crippen LogP contribution in [0.3, 0.4) is 0 Å². The molecular weight excluding hydrogens is 298 g/mol. The molecule has 0 saturated carbocycles. The Labute approximate surface area is 125 Å². The Balaban J connectivity index is 2.24. The second kappa shape index (κ2) is 5.00. The smallest absolute Gasteiger partial charge is 0.161 e. The highest BCUT2D eigenvalue weighted by atomic mass is 35.5. The molecule has 2 nitrogen and oxygen atoms in total. The second-order valence-electron chi connectivity index (χ2n) is 4.52. The second-order valence-corrected chi connectivity index (χ2v) is 5.31. The van der Waals surface area contributed by atoms with Gasteiger partial charge in [0.1, 0.15) is 11.0 Å². The fraction of sp³-hybridized carbons (Fsp3) is 0.0667. The number of rotatable bonds is 1. The van der Waals surface area contributed by atoms with Gasteiger partial charge in [0.2, 0.25) is 0 Å². The zero-order valence-corrected chi connectivity index (χ0v) is 12.0. The monoisotopic (exact) mass is 306 g/mol. The van der Waals surface area contributed by atoms with Gasteiger partial charge < -0.3 is 0 Å². The molecule has 0 unspecified atom stereocenters. The van der Waals surface area contributed by atoms with Crippen molar-refractivity contribution in [1.82, 2.24) is 9.97 Å². The molecule has 1 heterocycles. The summed E-state index contributed by atoms with van der Waals surface area (Å²) < 4.78 is 13.2. The van der Waals surface area contributed by atoms with Crippen molar-refractivity contribution in [3.63, 3.8) is 0 Å². The lowest BCUT2D eigenvalue weighted by atomic mass is 10.1. The van der Waals surface area contributed by atoms with E-state index in [4.69, 9.17) is 23.2 Å². The maximum Gasteiger partial charge on any atom is 0.161 e. The average Bonchev–Trinajstić information content (AvgIpc) is 2.38. The van der Waals surface area contributed by atoms with E-state index in [-0.39, 0.29) is 11.0 Å². The highest BCUT2D eigenvalue weighted by Gasteiger charge is 2.09. The summed E-state index contributed by atoms with van der Waals surface area (Å²) in [5, 5.41) is 1.33. The maximum absolute atomic E-state index is 13.2. The summed E-state index contributed by atoms with van der Waals surface area (Å²) in [4.78, 5) is 8.63. The molecule has 3 rings (SSSR count). The van der Waals surface area contributed by atoms with E-state index in [0.717, 1.165) is 11.1 Å². The number of hydrogen-bond donors (Lipinski definition) is 0. The molecule has 0 amide bonds. The van der Waals surface area contributed by atoms with Crippen LogP contribution in [-0.2, 0) is 0 Å². The molecule has 20 heavy (non-hydrogen) atoms. The Morgan fingerprint density at radius 2 is 1.80 bits per heavy atom. The Morgan fingerprint density at radius 3 is 2.55 bits per heavy atom. The Morgan fingerprint density at radius 1 is 1.00 bits per heavy atom. The van der Waals surface area contributed by atoms with E-state index < -0.39 is 0 Å². The molecule has 0 N–H and O–H groups in total.